The summed E-state index contributed by atoms with van der Waals surface area (Å²) in [7, 11) is -1.50. The molecule has 0 spiro atoms. The first-order chi connectivity index (χ1) is 23.3. The van der Waals surface area contributed by atoms with Crippen LogP contribution in [0.5, 0.6) is 0 Å². The zero-order valence-electron chi connectivity index (χ0n) is 30.0. The summed E-state index contributed by atoms with van der Waals surface area (Å²) in [6.45, 7) is 15.1. The molecule has 0 fully saturated rings. The van der Waals surface area contributed by atoms with E-state index in [-0.39, 0.29) is 25.9 Å². The van der Waals surface area contributed by atoms with Gasteiger partial charge >= 0.3 is 0 Å². The molecule has 0 aliphatic carbocycles. The van der Waals surface area contributed by atoms with Crippen LogP contribution in [0.4, 0.5) is 4.39 Å². The second-order valence-electron chi connectivity index (χ2n) is 13.7. The molecule has 0 saturated carbocycles. The Bertz CT molecular complexity index is 2240. The molecule has 0 amide bonds. The first-order valence-electron chi connectivity index (χ1n) is 16.9. The Morgan fingerprint density at radius 3 is 2.14 bits per heavy atom. The molecule has 1 radical (unpaired) electrons. The smallest absolute Gasteiger partial charge is 0.123 e. The van der Waals surface area contributed by atoms with Crippen LogP contribution in [0, 0.1) is 17.9 Å². The van der Waals surface area contributed by atoms with Gasteiger partial charge in [-0.25, -0.2) is 4.39 Å². The van der Waals surface area contributed by atoms with Gasteiger partial charge in [-0.05, 0) is 69.8 Å². The van der Waals surface area contributed by atoms with Gasteiger partial charge in [0.25, 0.3) is 0 Å². The number of furan rings is 1. The third kappa shape index (κ3) is 8.16. The minimum Gasteiger partial charge on any atom is -0.500 e. The molecule has 0 bridgehead atoms. The van der Waals surface area contributed by atoms with Crippen molar-refractivity contribution in [3.05, 3.63) is 139 Å². The van der Waals surface area contributed by atoms with Gasteiger partial charge < -0.3 is 14.4 Å². The Balaban J connectivity index is 0.000000204. The van der Waals surface area contributed by atoms with Gasteiger partial charge in [0.2, 0.25) is 0 Å². The molecule has 3 heterocycles. The normalized spacial score (nSPS) is 12.0. The summed E-state index contributed by atoms with van der Waals surface area (Å²) in [5, 5.41) is 3.32. The first kappa shape index (κ1) is 34.6. The minimum absolute atomic E-state index is 0. The van der Waals surface area contributed by atoms with Gasteiger partial charge in [-0.1, -0.05) is 94.2 Å². The number of nitrogens with zero attached hydrogens (tertiary/aromatic N) is 2. The largest absolute Gasteiger partial charge is 0.500 e. The minimum atomic E-state index is -1.50. The molecule has 4 aromatic carbocycles. The zero-order chi connectivity index (χ0) is 34.9. The summed E-state index contributed by atoms with van der Waals surface area (Å²) in [5.74, 6) is -0.407. The van der Waals surface area contributed by atoms with Gasteiger partial charge in [0.05, 0.1) is 13.7 Å². The monoisotopic (exact) mass is 842 g/mol. The van der Waals surface area contributed by atoms with E-state index in [2.05, 4.69) is 85.9 Å². The summed E-state index contributed by atoms with van der Waals surface area (Å²) >= 11 is 0. The summed E-state index contributed by atoms with van der Waals surface area (Å²) < 4.78 is 27.7. The molecular weight excluding hydrogens is 800 g/mol. The second-order valence-corrected chi connectivity index (χ2v) is 18.8. The molecule has 3 aromatic heterocycles. The van der Waals surface area contributed by atoms with E-state index < -0.39 is 14.0 Å². The summed E-state index contributed by atoms with van der Waals surface area (Å²) in [6.07, 6.45) is 3.83. The molecule has 0 aliphatic heterocycles. The molecule has 3 nitrogen and oxygen atoms in total. The van der Waals surface area contributed by atoms with Crippen molar-refractivity contribution in [3.63, 3.8) is 0 Å². The number of rotatable bonds is 6. The van der Waals surface area contributed by atoms with Crippen molar-refractivity contribution in [1.82, 2.24) is 9.97 Å². The number of fused-ring (bicyclic) bond motifs is 3. The molecule has 0 N–H and O–H groups in total. The Kier molecular flexibility index (Phi) is 10.7. The number of aromatic nitrogens is 2. The average molecular weight is 842 g/mol. The van der Waals surface area contributed by atoms with E-state index >= 15 is 0 Å². The van der Waals surface area contributed by atoms with Crippen LogP contribution in [0.15, 0.2) is 114 Å². The molecular formula is C43H41FIrN2OSi-2. The van der Waals surface area contributed by atoms with E-state index in [0.29, 0.717) is 5.92 Å². The molecule has 0 unspecified atom stereocenters. The molecule has 7 rings (SSSR count). The van der Waals surface area contributed by atoms with E-state index in [1.165, 1.54) is 22.9 Å². The summed E-state index contributed by atoms with van der Waals surface area (Å²) in [4.78, 5) is 9.15. The summed E-state index contributed by atoms with van der Waals surface area (Å²) in [5.41, 5.74) is 9.68. The van der Waals surface area contributed by atoms with Crippen LogP contribution in [0.1, 0.15) is 52.0 Å². The van der Waals surface area contributed by atoms with Crippen molar-refractivity contribution >= 4 is 35.2 Å². The Labute approximate surface area is 305 Å². The van der Waals surface area contributed by atoms with Crippen LogP contribution in [-0.2, 0) is 20.1 Å². The van der Waals surface area contributed by atoms with Crippen LogP contribution in [0.2, 0.25) is 19.6 Å². The fraction of sp³-hybridized carbons (Fsp3) is 0.209. The Hall–Kier alpha value is -4.22. The first-order valence-corrected chi connectivity index (χ1v) is 19.9. The average Bonchev–Trinajstić information content (AvgIpc) is 3.45. The van der Waals surface area contributed by atoms with E-state index in [4.69, 9.17) is 5.79 Å². The number of benzene rings is 4. The Morgan fingerprint density at radius 2 is 1.47 bits per heavy atom. The zero-order valence-corrected chi connectivity index (χ0v) is 32.4. The number of hydrogen-bond donors (Lipinski definition) is 0. The molecule has 7 aromatic rings. The van der Waals surface area contributed by atoms with E-state index in [1.54, 1.807) is 12.1 Å². The van der Waals surface area contributed by atoms with Gasteiger partial charge in [0.15, 0.2) is 0 Å². The van der Waals surface area contributed by atoms with Crippen molar-refractivity contribution in [1.29, 1.82) is 0 Å². The predicted octanol–water partition coefficient (Wildman–Crippen LogP) is 11.6. The van der Waals surface area contributed by atoms with Crippen molar-refractivity contribution in [3.8, 4) is 33.6 Å². The molecule has 251 valence electrons. The quantitative estimate of drug-likeness (QED) is 0.124. The Morgan fingerprint density at radius 1 is 0.755 bits per heavy atom. The van der Waals surface area contributed by atoms with E-state index in [0.717, 1.165) is 61.1 Å². The SMILES string of the molecule is CC(C)c1ccnc(-c2[c-]cc3oc4ccc(-c5ccc(F)cc5)cc4c3c2)c1.[2H]C(C)(C)c1cc(-c2[c-]cccc2)ncc1[Si](C)(C)C.[Ir]. The molecule has 0 saturated heterocycles. The number of hydrogen-bond acceptors (Lipinski definition) is 3. The fourth-order valence-corrected chi connectivity index (χ4v) is 7.39. The van der Waals surface area contributed by atoms with Crippen LogP contribution >= 0.6 is 0 Å². The van der Waals surface area contributed by atoms with Crippen LogP contribution in [0.25, 0.3) is 55.6 Å². The van der Waals surface area contributed by atoms with E-state index in [9.17, 15) is 4.39 Å². The topological polar surface area (TPSA) is 38.9 Å². The van der Waals surface area contributed by atoms with E-state index in [1.807, 2.05) is 68.7 Å². The van der Waals surface area contributed by atoms with Crippen LogP contribution in [0.3, 0.4) is 0 Å². The van der Waals surface area contributed by atoms with Gasteiger partial charge in [0, 0.05) is 39.3 Å². The van der Waals surface area contributed by atoms with Crippen LogP contribution < -0.4 is 5.19 Å². The molecule has 49 heavy (non-hydrogen) atoms. The maximum atomic E-state index is 13.3. The van der Waals surface area contributed by atoms with Crippen molar-refractivity contribution in [2.45, 2.75) is 59.1 Å². The summed E-state index contributed by atoms with van der Waals surface area (Å²) in [6, 6.07) is 37.2. The number of pyridine rings is 2. The van der Waals surface area contributed by atoms with Crippen molar-refractivity contribution in [2.24, 2.45) is 0 Å². The standard InChI is InChI=1S/C26H19FNO.C17H22NSi.Ir/c1-16(2)18-11-12-28-24(15-18)20-6-10-26-23(14-20)22-13-19(5-9-25(22)29-26)17-3-7-21(27)8-4-17;1-13(2)15-11-16(14-9-7-6-8-10-14)18-12-17(15)19(3,4)5;/h3-5,7-16H,1-2H3;6-9,11-13H,1-5H3;/q2*-1;/i;13D;. The maximum Gasteiger partial charge on any atom is 0.123 e. The third-order valence-electron chi connectivity index (χ3n) is 8.54. The van der Waals surface area contributed by atoms with Crippen molar-refractivity contribution in [2.75, 3.05) is 0 Å². The third-order valence-corrected chi connectivity index (χ3v) is 10.6. The molecule has 0 atom stereocenters. The van der Waals surface area contributed by atoms with Gasteiger partial charge in [0.1, 0.15) is 11.4 Å². The number of halogens is 1. The molecule has 0 aliphatic rings. The van der Waals surface area contributed by atoms with Gasteiger partial charge in [-0.2, -0.15) is 0 Å². The van der Waals surface area contributed by atoms with Gasteiger partial charge in [-0.3, -0.25) is 0 Å². The van der Waals surface area contributed by atoms with Crippen molar-refractivity contribution < 1.29 is 30.3 Å². The molecule has 6 heteroatoms. The van der Waals surface area contributed by atoms with Crippen LogP contribution in [-0.4, -0.2) is 18.0 Å². The van der Waals surface area contributed by atoms with Gasteiger partial charge in [-0.15, -0.1) is 59.7 Å². The second kappa shape index (κ2) is 15.1. The maximum absolute atomic E-state index is 13.3. The predicted molar refractivity (Wildman–Crippen MR) is 201 cm³/mol. The fourth-order valence-electron chi connectivity index (χ4n) is 5.81.